The molecule has 104 valence electrons. The van der Waals surface area contributed by atoms with E-state index >= 15 is 0 Å². The van der Waals surface area contributed by atoms with E-state index in [0.29, 0.717) is 23.1 Å². The predicted octanol–water partition coefficient (Wildman–Crippen LogP) is 1.89. The fraction of sp³-hybridized carbons (Fsp3) is 0.500. The number of rotatable bonds is 6. The Hall–Kier alpha value is -1.75. The second-order valence-corrected chi connectivity index (χ2v) is 4.73. The Kier molecular flexibility index (Phi) is 3.95. The summed E-state index contributed by atoms with van der Waals surface area (Å²) >= 11 is 0. The average Bonchev–Trinajstić information content (AvgIpc) is 3.19. The van der Waals surface area contributed by atoms with Gasteiger partial charge in [0, 0.05) is 17.2 Å². The maximum Gasteiger partial charge on any atom is 0.325 e. The van der Waals surface area contributed by atoms with Crippen molar-refractivity contribution in [3.05, 3.63) is 23.3 Å². The quantitative estimate of drug-likeness (QED) is 0.822. The van der Waals surface area contributed by atoms with Crippen molar-refractivity contribution >= 4 is 5.97 Å². The van der Waals surface area contributed by atoms with Crippen LogP contribution in [0.1, 0.15) is 30.0 Å². The monoisotopic (exact) mass is 265 g/mol. The molecule has 0 spiro atoms. The molecule has 1 aliphatic rings. The standard InChI is InChI=1S/C14H19NO4/c1-8-11(18-2)7-6-10(13(8)19-3)12(14(16)17)15-9-4-5-9/h6-7,9,12,15H,4-5H2,1-3H3,(H,16,17). The van der Waals surface area contributed by atoms with Crippen LogP contribution in [0.15, 0.2) is 12.1 Å². The van der Waals surface area contributed by atoms with E-state index in [-0.39, 0.29) is 0 Å². The maximum atomic E-state index is 11.4. The second kappa shape index (κ2) is 5.48. The minimum Gasteiger partial charge on any atom is -0.496 e. The molecule has 5 heteroatoms. The lowest BCUT2D eigenvalue weighted by Gasteiger charge is -2.20. The van der Waals surface area contributed by atoms with Gasteiger partial charge in [0.25, 0.3) is 0 Å². The first-order valence-corrected chi connectivity index (χ1v) is 6.28. The molecule has 0 radical (unpaired) electrons. The van der Waals surface area contributed by atoms with Gasteiger partial charge in [-0.2, -0.15) is 0 Å². The fourth-order valence-corrected chi connectivity index (χ4v) is 2.19. The van der Waals surface area contributed by atoms with Crippen molar-refractivity contribution in [1.29, 1.82) is 0 Å². The van der Waals surface area contributed by atoms with Crippen molar-refractivity contribution in [3.8, 4) is 11.5 Å². The molecule has 1 saturated carbocycles. The third-order valence-corrected chi connectivity index (χ3v) is 3.35. The molecule has 19 heavy (non-hydrogen) atoms. The van der Waals surface area contributed by atoms with E-state index in [2.05, 4.69) is 5.32 Å². The molecule has 0 heterocycles. The van der Waals surface area contributed by atoms with Crippen LogP contribution >= 0.6 is 0 Å². The number of nitrogens with one attached hydrogen (secondary N) is 1. The van der Waals surface area contributed by atoms with Gasteiger partial charge < -0.3 is 14.6 Å². The largest absolute Gasteiger partial charge is 0.496 e. The number of carbonyl (C=O) groups is 1. The molecule has 1 fully saturated rings. The summed E-state index contributed by atoms with van der Waals surface area (Å²) < 4.78 is 10.6. The van der Waals surface area contributed by atoms with Crippen LogP contribution < -0.4 is 14.8 Å². The highest BCUT2D eigenvalue weighted by molar-refractivity contribution is 5.77. The number of benzene rings is 1. The van der Waals surface area contributed by atoms with Crippen LogP contribution in [-0.2, 0) is 4.79 Å². The molecule has 0 bridgehead atoms. The van der Waals surface area contributed by atoms with Crippen molar-refractivity contribution < 1.29 is 19.4 Å². The molecule has 1 unspecified atom stereocenters. The van der Waals surface area contributed by atoms with Crippen molar-refractivity contribution in [2.24, 2.45) is 0 Å². The van der Waals surface area contributed by atoms with Crippen LogP contribution in [0.3, 0.4) is 0 Å². The second-order valence-electron chi connectivity index (χ2n) is 4.73. The maximum absolute atomic E-state index is 11.4. The lowest BCUT2D eigenvalue weighted by molar-refractivity contribution is -0.139. The zero-order valence-electron chi connectivity index (χ0n) is 11.4. The molecule has 0 saturated heterocycles. The number of carboxylic acid groups (broad SMARTS) is 1. The van der Waals surface area contributed by atoms with Crippen LogP contribution in [-0.4, -0.2) is 31.3 Å². The molecule has 5 nitrogen and oxygen atoms in total. The van der Waals surface area contributed by atoms with Gasteiger partial charge in [-0.1, -0.05) is 0 Å². The van der Waals surface area contributed by atoms with Gasteiger partial charge in [0.1, 0.15) is 17.5 Å². The summed E-state index contributed by atoms with van der Waals surface area (Å²) in [7, 11) is 3.12. The van der Waals surface area contributed by atoms with Crippen LogP contribution in [0.2, 0.25) is 0 Å². The van der Waals surface area contributed by atoms with Crippen LogP contribution in [0.5, 0.6) is 11.5 Å². The molecule has 1 atom stereocenters. The van der Waals surface area contributed by atoms with Gasteiger partial charge in [-0.25, -0.2) is 0 Å². The minimum absolute atomic E-state index is 0.299. The molecule has 1 aliphatic carbocycles. The summed E-state index contributed by atoms with van der Waals surface area (Å²) in [5.41, 5.74) is 1.45. The zero-order valence-corrected chi connectivity index (χ0v) is 11.4. The Balaban J connectivity index is 2.40. The Labute approximate surface area is 112 Å². The molecule has 2 N–H and O–H groups in total. The lowest BCUT2D eigenvalue weighted by atomic mass is 10.0. The number of aliphatic carboxylic acids is 1. The summed E-state index contributed by atoms with van der Waals surface area (Å²) in [6.07, 6.45) is 2.06. The fourth-order valence-electron chi connectivity index (χ4n) is 2.19. The summed E-state index contributed by atoms with van der Waals surface area (Å²) in [6, 6.07) is 3.08. The van der Waals surface area contributed by atoms with Crippen LogP contribution in [0, 0.1) is 6.92 Å². The zero-order chi connectivity index (χ0) is 14.0. The third kappa shape index (κ3) is 2.81. The van der Waals surface area contributed by atoms with Gasteiger partial charge in [0.2, 0.25) is 0 Å². The van der Waals surface area contributed by atoms with E-state index < -0.39 is 12.0 Å². The first kappa shape index (κ1) is 13.7. The smallest absolute Gasteiger partial charge is 0.325 e. The highest BCUT2D eigenvalue weighted by Crippen LogP contribution is 2.36. The van der Waals surface area contributed by atoms with Gasteiger partial charge in [0.05, 0.1) is 14.2 Å². The minimum atomic E-state index is -0.894. The van der Waals surface area contributed by atoms with E-state index in [1.807, 2.05) is 6.92 Å². The molecule has 2 rings (SSSR count). The highest BCUT2D eigenvalue weighted by Gasteiger charge is 2.31. The average molecular weight is 265 g/mol. The molecule has 1 aromatic carbocycles. The van der Waals surface area contributed by atoms with E-state index in [0.717, 1.165) is 18.4 Å². The van der Waals surface area contributed by atoms with E-state index in [4.69, 9.17) is 9.47 Å². The van der Waals surface area contributed by atoms with Gasteiger partial charge in [0.15, 0.2) is 0 Å². The van der Waals surface area contributed by atoms with Crippen molar-refractivity contribution in [2.45, 2.75) is 31.8 Å². The molecular formula is C14H19NO4. The van der Waals surface area contributed by atoms with E-state index in [1.165, 1.54) is 0 Å². The van der Waals surface area contributed by atoms with Gasteiger partial charge in [-0.3, -0.25) is 10.1 Å². The Morgan fingerprint density at radius 2 is 2.05 bits per heavy atom. The molecule has 0 amide bonds. The molecular weight excluding hydrogens is 246 g/mol. The topological polar surface area (TPSA) is 67.8 Å². The van der Waals surface area contributed by atoms with Crippen molar-refractivity contribution in [3.63, 3.8) is 0 Å². The summed E-state index contributed by atoms with van der Waals surface area (Å²) in [5.74, 6) is 0.367. The number of methoxy groups -OCH3 is 2. The van der Waals surface area contributed by atoms with E-state index in [1.54, 1.807) is 26.4 Å². The van der Waals surface area contributed by atoms with Crippen molar-refractivity contribution in [2.75, 3.05) is 14.2 Å². The molecule has 1 aromatic rings. The summed E-state index contributed by atoms with van der Waals surface area (Å²) in [6.45, 7) is 1.86. The summed E-state index contributed by atoms with van der Waals surface area (Å²) in [5, 5.41) is 12.5. The van der Waals surface area contributed by atoms with Crippen LogP contribution in [0.4, 0.5) is 0 Å². The number of ether oxygens (including phenoxy) is 2. The number of hydrogen-bond donors (Lipinski definition) is 2. The number of hydrogen-bond acceptors (Lipinski definition) is 4. The van der Waals surface area contributed by atoms with Crippen LogP contribution in [0.25, 0.3) is 0 Å². The molecule has 0 aliphatic heterocycles. The Bertz CT molecular complexity index is 483. The Morgan fingerprint density at radius 1 is 1.37 bits per heavy atom. The number of carboxylic acids is 1. The SMILES string of the molecule is COc1ccc(C(NC2CC2)C(=O)O)c(OC)c1C. The predicted molar refractivity (Wildman–Crippen MR) is 70.8 cm³/mol. The van der Waals surface area contributed by atoms with E-state index in [9.17, 15) is 9.90 Å². The van der Waals surface area contributed by atoms with Gasteiger partial charge in [-0.05, 0) is 31.9 Å². The van der Waals surface area contributed by atoms with Gasteiger partial charge >= 0.3 is 5.97 Å². The molecule has 0 aromatic heterocycles. The Morgan fingerprint density at radius 3 is 2.53 bits per heavy atom. The van der Waals surface area contributed by atoms with Crippen molar-refractivity contribution in [1.82, 2.24) is 5.32 Å². The normalized spacial score (nSPS) is 15.9. The summed E-state index contributed by atoms with van der Waals surface area (Å²) in [4.78, 5) is 11.4. The lowest BCUT2D eigenvalue weighted by Crippen LogP contribution is -2.30. The third-order valence-electron chi connectivity index (χ3n) is 3.35. The van der Waals surface area contributed by atoms with Gasteiger partial charge in [-0.15, -0.1) is 0 Å². The first-order chi connectivity index (χ1) is 9.08. The first-order valence-electron chi connectivity index (χ1n) is 6.28. The highest BCUT2D eigenvalue weighted by atomic mass is 16.5.